The second kappa shape index (κ2) is 13.1. The minimum Gasteiger partial charge on any atom is -0.487 e. The molecule has 3 aromatic heterocycles. The Morgan fingerprint density at radius 3 is 2.79 bits per heavy atom. The fourth-order valence-corrected chi connectivity index (χ4v) is 7.61. The van der Waals surface area contributed by atoms with Crippen molar-refractivity contribution < 1.29 is 29.0 Å². The van der Waals surface area contributed by atoms with Crippen LogP contribution in [0, 0.1) is 11.8 Å². The molecule has 7 rings (SSSR count). The van der Waals surface area contributed by atoms with Gasteiger partial charge in [0.2, 0.25) is 17.7 Å². The molecule has 3 fully saturated rings. The monoisotopic (exact) mass is 657 g/mol. The molecule has 2 aliphatic carbocycles. The SMILES string of the molecule is O=C(CC1CC1)N[C@H]1CCCCC/C=C/[C@@H]2C[C@@]2(C(=O)O)NC(=O)[C@@H]2C[C@@H](Oc3cc(-c4ccccn4)nc4ccsc34)CN2C1=O. The molecule has 2 aliphatic heterocycles. The number of aromatic nitrogens is 2. The van der Waals surface area contributed by atoms with E-state index in [1.807, 2.05) is 47.9 Å². The van der Waals surface area contributed by atoms with Crippen molar-refractivity contribution in [2.75, 3.05) is 6.54 Å². The third-order valence-electron chi connectivity index (χ3n) is 9.73. The van der Waals surface area contributed by atoms with Crippen molar-refractivity contribution in [3.8, 4) is 17.1 Å². The number of allylic oxidation sites excluding steroid dienone is 1. The quantitative estimate of drug-likeness (QED) is 0.315. The number of pyridine rings is 2. The fraction of sp³-hybridized carbons (Fsp3) is 0.486. The van der Waals surface area contributed by atoms with Gasteiger partial charge in [-0.3, -0.25) is 19.4 Å². The summed E-state index contributed by atoms with van der Waals surface area (Å²) in [6.07, 6.45) is 11.7. The van der Waals surface area contributed by atoms with E-state index in [4.69, 9.17) is 9.72 Å². The van der Waals surface area contributed by atoms with E-state index in [-0.39, 0.29) is 30.7 Å². The number of carbonyl (C=O) groups excluding carboxylic acids is 3. The molecule has 5 atom stereocenters. The summed E-state index contributed by atoms with van der Waals surface area (Å²) < 4.78 is 7.43. The first kappa shape index (κ1) is 31.3. The van der Waals surface area contributed by atoms with Crippen molar-refractivity contribution in [2.45, 2.75) is 87.9 Å². The average molecular weight is 658 g/mol. The van der Waals surface area contributed by atoms with Gasteiger partial charge in [-0.15, -0.1) is 11.3 Å². The summed E-state index contributed by atoms with van der Waals surface area (Å²) in [6, 6.07) is 7.60. The Kier molecular flexibility index (Phi) is 8.69. The highest BCUT2D eigenvalue weighted by Gasteiger charge is 2.61. The fourth-order valence-electron chi connectivity index (χ4n) is 6.82. The van der Waals surface area contributed by atoms with Crippen LogP contribution >= 0.6 is 11.3 Å². The molecule has 0 bridgehead atoms. The summed E-state index contributed by atoms with van der Waals surface area (Å²) >= 11 is 1.49. The van der Waals surface area contributed by atoms with E-state index in [9.17, 15) is 24.3 Å². The normalized spacial score (nSPS) is 28.7. The lowest BCUT2D eigenvalue weighted by molar-refractivity contribution is -0.146. The van der Waals surface area contributed by atoms with E-state index in [0.29, 0.717) is 42.3 Å². The smallest absolute Gasteiger partial charge is 0.330 e. The van der Waals surface area contributed by atoms with Crippen molar-refractivity contribution >= 4 is 45.2 Å². The van der Waals surface area contributed by atoms with Crippen molar-refractivity contribution in [1.82, 2.24) is 25.5 Å². The van der Waals surface area contributed by atoms with Gasteiger partial charge in [0, 0.05) is 31.0 Å². The molecule has 0 spiro atoms. The first-order chi connectivity index (χ1) is 22.8. The van der Waals surface area contributed by atoms with Crippen LogP contribution in [-0.2, 0) is 19.2 Å². The summed E-state index contributed by atoms with van der Waals surface area (Å²) in [4.78, 5) is 64.3. The van der Waals surface area contributed by atoms with Gasteiger partial charge in [-0.1, -0.05) is 31.1 Å². The lowest BCUT2D eigenvalue weighted by atomic mass is 10.0. The first-order valence-corrected chi connectivity index (χ1v) is 17.5. The van der Waals surface area contributed by atoms with Crippen molar-refractivity contribution in [3.63, 3.8) is 0 Å². The highest BCUT2D eigenvalue weighted by atomic mass is 32.1. The van der Waals surface area contributed by atoms with Crippen LogP contribution < -0.4 is 15.4 Å². The average Bonchev–Trinajstić information content (AvgIpc) is 3.89. The summed E-state index contributed by atoms with van der Waals surface area (Å²) in [5.41, 5.74) is 0.689. The Balaban J connectivity index is 1.18. The minimum absolute atomic E-state index is 0.115. The zero-order valence-electron chi connectivity index (χ0n) is 26.1. The van der Waals surface area contributed by atoms with Gasteiger partial charge in [-0.25, -0.2) is 9.78 Å². The third-order valence-corrected chi connectivity index (χ3v) is 10.6. The van der Waals surface area contributed by atoms with Crippen molar-refractivity contribution in [2.24, 2.45) is 11.8 Å². The number of amides is 3. The standard InChI is InChI=1S/C35H39N5O6S/c41-30(16-21-11-12-21)38-26-10-5-3-1-2-4-8-22-19-35(22,34(44)45)39-32(42)28-17-23(20-40(28)33(26)43)46-29-18-27(24-9-6-7-14-36-24)37-25-13-15-47-31(25)29/h4,6-9,13-15,18,21-23,26,28H,1-3,5,10-12,16-17,19-20H2,(H,38,41)(H,39,42)(H,44,45)/b8-4+/t22-,23-,26+,28+,35-/m1/s1. The van der Waals surface area contributed by atoms with Gasteiger partial charge >= 0.3 is 5.97 Å². The predicted octanol–water partition coefficient (Wildman–Crippen LogP) is 4.47. The Morgan fingerprint density at radius 1 is 1.13 bits per heavy atom. The number of carboxylic acids is 1. The topological polar surface area (TPSA) is 151 Å². The maximum absolute atomic E-state index is 14.3. The number of aliphatic carboxylic acids is 1. The molecule has 12 heteroatoms. The Bertz CT molecular complexity index is 1710. The van der Waals surface area contributed by atoms with E-state index in [1.165, 1.54) is 16.2 Å². The molecule has 0 radical (unpaired) electrons. The highest BCUT2D eigenvalue weighted by Crippen LogP contribution is 2.45. The molecular formula is C35H39N5O6S. The van der Waals surface area contributed by atoms with Gasteiger partial charge in [0.1, 0.15) is 29.5 Å². The lowest BCUT2D eigenvalue weighted by Crippen LogP contribution is -2.56. The van der Waals surface area contributed by atoms with Gasteiger partial charge < -0.3 is 25.4 Å². The summed E-state index contributed by atoms with van der Waals surface area (Å²) in [7, 11) is 0. The number of thiophene rings is 1. The van der Waals surface area contributed by atoms with E-state index in [2.05, 4.69) is 15.6 Å². The Hall–Kier alpha value is -4.32. The molecule has 4 aliphatic rings. The molecule has 3 N–H and O–H groups in total. The lowest BCUT2D eigenvalue weighted by Gasteiger charge is -2.29. The first-order valence-electron chi connectivity index (χ1n) is 16.6. The number of nitrogens with zero attached hydrogens (tertiary/aromatic N) is 3. The van der Waals surface area contributed by atoms with Crippen LogP contribution in [0.25, 0.3) is 21.6 Å². The van der Waals surface area contributed by atoms with Gasteiger partial charge in [0.05, 0.1) is 28.1 Å². The van der Waals surface area contributed by atoms with Crippen molar-refractivity contribution in [3.05, 3.63) is 54.1 Å². The summed E-state index contributed by atoms with van der Waals surface area (Å²) in [5.74, 6) is -1.46. The second-order valence-electron chi connectivity index (χ2n) is 13.2. The largest absolute Gasteiger partial charge is 0.487 e. The molecule has 1 saturated heterocycles. The second-order valence-corrected chi connectivity index (χ2v) is 14.2. The molecule has 3 aromatic rings. The van der Waals surface area contributed by atoms with Crippen LogP contribution in [0.2, 0.25) is 0 Å². The minimum atomic E-state index is -1.40. The maximum atomic E-state index is 14.3. The van der Waals surface area contributed by atoms with Crippen LogP contribution in [0.5, 0.6) is 5.75 Å². The number of carboxylic acid groups (broad SMARTS) is 1. The molecule has 3 amide bonds. The van der Waals surface area contributed by atoms with Crippen molar-refractivity contribution in [1.29, 1.82) is 0 Å². The van der Waals surface area contributed by atoms with Crippen LogP contribution in [0.3, 0.4) is 0 Å². The molecule has 47 heavy (non-hydrogen) atoms. The zero-order chi connectivity index (χ0) is 32.5. The number of nitrogens with one attached hydrogen (secondary N) is 2. The van der Waals surface area contributed by atoms with Gasteiger partial charge in [0.15, 0.2) is 0 Å². The number of ether oxygens (including phenoxy) is 1. The molecule has 0 unspecified atom stereocenters. The molecule has 0 aromatic carbocycles. The Labute approximate surface area is 276 Å². The number of carbonyl (C=O) groups is 4. The van der Waals surface area contributed by atoms with E-state index in [1.54, 1.807) is 6.20 Å². The maximum Gasteiger partial charge on any atom is 0.330 e. The Morgan fingerprint density at radius 2 is 2.00 bits per heavy atom. The number of rotatable bonds is 7. The van der Waals surface area contributed by atoms with Gasteiger partial charge in [-0.05, 0) is 68.0 Å². The summed E-state index contributed by atoms with van der Waals surface area (Å²) in [5, 5.41) is 17.9. The van der Waals surface area contributed by atoms with E-state index in [0.717, 1.165) is 48.7 Å². The molecule has 11 nitrogen and oxygen atoms in total. The van der Waals surface area contributed by atoms with Crippen LogP contribution in [0.1, 0.15) is 64.2 Å². The number of hydrogen-bond acceptors (Lipinski definition) is 8. The highest BCUT2D eigenvalue weighted by molar-refractivity contribution is 7.17. The number of fused-ring (bicyclic) bond motifs is 3. The van der Waals surface area contributed by atoms with E-state index >= 15 is 0 Å². The number of hydrogen-bond donors (Lipinski definition) is 3. The van der Waals surface area contributed by atoms with Crippen LogP contribution in [0.15, 0.2) is 54.1 Å². The predicted molar refractivity (Wildman–Crippen MR) is 175 cm³/mol. The van der Waals surface area contributed by atoms with Crippen LogP contribution in [0.4, 0.5) is 0 Å². The molecule has 5 heterocycles. The van der Waals surface area contributed by atoms with Gasteiger partial charge in [0.25, 0.3) is 0 Å². The zero-order valence-corrected chi connectivity index (χ0v) is 26.9. The van der Waals surface area contributed by atoms with E-state index < -0.39 is 35.6 Å². The summed E-state index contributed by atoms with van der Waals surface area (Å²) in [6.45, 7) is 0.115. The molecule has 2 saturated carbocycles. The third kappa shape index (κ3) is 6.74. The van der Waals surface area contributed by atoms with Crippen LogP contribution in [-0.4, -0.2) is 73.9 Å². The van der Waals surface area contributed by atoms with Gasteiger partial charge in [-0.2, -0.15) is 0 Å². The molecule has 246 valence electrons. The molecular weight excluding hydrogens is 618 g/mol.